The van der Waals surface area contributed by atoms with Crippen molar-refractivity contribution >= 4 is 11.8 Å². The molecule has 0 spiro atoms. The largest absolute Gasteiger partial charge is 0.329 e. The Morgan fingerprint density at radius 1 is 1.18 bits per heavy atom. The zero-order valence-corrected chi connectivity index (χ0v) is 10.4. The molecule has 3 aliphatic rings. The molecular formula is C13H20N2O2. The lowest BCUT2D eigenvalue weighted by Gasteiger charge is -2.41. The standard InChI is InChI=1S/C13H20N2O2/c1-9-12(16)15-7-2-3-11(15)13(17)14(9)8-6-10-4-5-10/h9-11H,2-8H2,1H3. The molecule has 3 rings (SSSR count). The average Bonchev–Trinajstić information content (AvgIpc) is 3.01. The van der Waals surface area contributed by atoms with Crippen LogP contribution in [0.2, 0.25) is 0 Å². The summed E-state index contributed by atoms with van der Waals surface area (Å²) in [6.45, 7) is 3.43. The summed E-state index contributed by atoms with van der Waals surface area (Å²) in [6.07, 6.45) is 5.53. The predicted molar refractivity (Wildman–Crippen MR) is 63.3 cm³/mol. The Bertz CT molecular complexity index is 351. The van der Waals surface area contributed by atoms with E-state index < -0.39 is 0 Å². The first-order chi connectivity index (χ1) is 8.18. The van der Waals surface area contributed by atoms with Gasteiger partial charge in [0.15, 0.2) is 0 Å². The van der Waals surface area contributed by atoms with Gasteiger partial charge >= 0.3 is 0 Å². The third kappa shape index (κ3) is 1.83. The van der Waals surface area contributed by atoms with Crippen LogP contribution in [-0.4, -0.2) is 46.8 Å². The van der Waals surface area contributed by atoms with E-state index in [0.29, 0.717) is 0 Å². The Kier molecular flexibility index (Phi) is 2.60. The average molecular weight is 236 g/mol. The maximum Gasteiger partial charge on any atom is 0.246 e. The van der Waals surface area contributed by atoms with Crippen LogP contribution in [0.1, 0.15) is 39.0 Å². The van der Waals surface area contributed by atoms with E-state index in [-0.39, 0.29) is 23.9 Å². The van der Waals surface area contributed by atoms with Crippen LogP contribution in [-0.2, 0) is 9.59 Å². The third-order valence-electron chi connectivity index (χ3n) is 4.40. The van der Waals surface area contributed by atoms with Crippen molar-refractivity contribution in [3.8, 4) is 0 Å². The lowest BCUT2D eigenvalue weighted by atomic mass is 10.1. The first-order valence-corrected chi connectivity index (χ1v) is 6.79. The van der Waals surface area contributed by atoms with E-state index in [1.807, 2.05) is 11.8 Å². The van der Waals surface area contributed by atoms with Crippen molar-refractivity contribution in [2.75, 3.05) is 13.1 Å². The number of rotatable bonds is 3. The Balaban J connectivity index is 1.72. The van der Waals surface area contributed by atoms with E-state index >= 15 is 0 Å². The van der Waals surface area contributed by atoms with Gasteiger partial charge in [-0.1, -0.05) is 12.8 Å². The van der Waals surface area contributed by atoms with Gasteiger partial charge in [0.25, 0.3) is 0 Å². The van der Waals surface area contributed by atoms with Gasteiger partial charge in [0.05, 0.1) is 0 Å². The minimum atomic E-state index is -0.240. The molecule has 2 amide bonds. The number of amides is 2. The summed E-state index contributed by atoms with van der Waals surface area (Å²) in [5.74, 6) is 1.16. The van der Waals surface area contributed by atoms with Crippen LogP contribution in [0.15, 0.2) is 0 Å². The van der Waals surface area contributed by atoms with Gasteiger partial charge in [0.2, 0.25) is 11.8 Å². The van der Waals surface area contributed by atoms with E-state index in [2.05, 4.69) is 0 Å². The van der Waals surface area contributed by atoms with Crippen molar-refractivity contribution in [1.82, 2.24) is 9.80 Å². The van der Waals surface area contributed by atoms with E-state index in [1.165, 1.54) is 12.8 Å². The van der Waals surface area contributed by atoms with Gasteiger partial charge in [-0.3, -0.25) is 9.59 Å². The molecule has 1 aliphatic carbocycles. The molecule has 0 N–H and O–H groups in total. The maximum atomic E-state index is 12.3. The van der Waals surface area contributed by atoms with Gasteiger partial charge in [-0.15, -0.1) is 0 Å². The second-order valence-electron chi connectivity index (χ2n) is 5.63. The highest BCUT2D eigenvalue weighted by Crippen LogP contribution is 2.34. The summed E-state index contributed by atoms with van der Waals surface area (Å²) < 4.78 is 0. The number of hydrogen-bond acceptors (Lipinski definition) is 2. The molecule has 4 heteroatoms. The molecule has 2 aliphatic heterocycles. The molecule has 2 atom stereocenters. The molecule has 2 unspecified atom stereocenters. The zero-order chi connectivity index (χ0) is 12.0. The normalized spacial score (nSPS) is 33.2. The Labute approximate surface area is 102 Å². The molecular weight excluding hydrogens is 216 g/mol. The molecule has 3 fully saturated rings. The number of piperazine rings is 1. The fraction of sp³-hybridized carbons (Fsp3) is 0.846. The fourth-order valence-electron chi connectivity index (χ4n) is 3.07. The summed E-state index contributed by atoms with van der Waals surface area (Å²) in [6, 6.07) is -0.381. The van der Waals surface area contributed by atoms with Crippen LogP contribution in [0, 0.1) is 5.92 Å². The number of hydrogen-bond donors (Lipinski definition) is 0. The van der Waals surface area contributed by atoms with Crippen molar-refractivity contribution in [3.05, 3.63) is 0 Å². The highest BCUT2D eigenvalue weighted by molar-refractivity contribution is 5.97. The summed E-state index contributed by atoms with van der Waals surface area (Å²) in [4.78, 5) is 28.1. The molecule has 0 aromatic rings. The summed E-state index contributed by atoms with van der Waals surface area (Å²) in [7, 11) is 0. The van der Waals surface area contributed by atoms with Gasteiger partial charge < -0.3 is 9.80 Å². The van der Waals surface area contributed by atoms with E-state index in [9.17, 15) is 9.59 Å². The number of nitrogens with zero attached hydrogens (tertiary/aromatic N) is 2. The van der Waals surface area contributed by atoms with Gasteiger partial charge in [0.1, 0.15) is 12.1 Å². The molecule has 0 aromatic carbocycles. The number of carbonyl (C=O) groups is 2. The fourth-order valence-corrected chi connectivity index (χ4v) is 3.07. The smallest absolute Gasteiger partial charge is 0.246 e. The highest BCUT2D eigenvalue weighted by atomic mass is 16.2. The number of carbonyl (C=O) groups excluding carboxylic acids is 2. The van der Waals surface area contributed by atoms with E-state index in [1.54, 1.807) is 4.90 Å². The minimum absolute atomic E-state index is 0.141. The maximum absolute atomic E-state index is 12.3. The van der Waals surface area contributed by atoms with Crippen LogP contribution in [0.25, 0.3) is 0 Å². The SMILES string of the molecule is CC1C(=O)N2CCCC2C(=O)N1CCC1CC1. The molecule has 2 saturated heterocycles. The third-order valence-corrected chi connectivity index (χ3v) is 4.40. The molecule has 4 nitrogen and oxygen atoms in total. The minimum Gasteiger partial charge on any atom is -0.329 e. The second-order valence-corrected chi connectivity index (χ2v) is 5.63. The Morgan fingerprint density at radius 2 is 1.94 bits per heavy atom. The van der Waals surface area contributed by atoms with Crippen molar-refractivity contribution < 1.29 is 9.59 Å². The van der Waals surface area contributed by atoms with E-state index in [0.717, 1.165) is 38.3 Å². The van der Waals surface area contributed by atoms with Crippen molar-refractivity contribution in [2.24, 2.45) is 5.92 Å². The molecule has 2 heterocycles. The lowest BCUT2D eigenvalue weighted by Crippen LogP contribution is -2.61. The Hall–Kier alpha value is -1.06. The van der Waals surface area contributed by atoms with Crippen molar-refractivity contribution in [1.29, 1.82) is 0 Å². The molecule has 0 aromatic heterocycles. The second kappa shape index (κ2) is 4.00. The topological polar surface area (TPSA) is 40.6 Å². The summed E-state index contributed by atoms with van der Waals surface area (Å²) >= 11 is 0. The lowest BCUT2D eigenvalue weighted by molar-refractivity contribution is -0.158. The first kappa shape index (κ1) is 11.1. The predicted octanol–water partition coefficient (Wildman–Crippen LogP) is 1.01. The van der Waals surface area contributed by atoms with Crippen LogP contribution < -0.4 is 0 Å². The van der Waals surface area contributed by atoms with Gasteiger partial charge in [0, 0.05) is 13.1 Å². The molecule has 17 heavy (non-hydrogen) atoms. The van der Waals surface area contributed by atoms with Gasteiger partial charge in [-0.2, -0.15) is 0 Å². The molecule has 1 saturated carbocycles. The monoisotopic (exact) mass is 236 g/mol. The van der Waals surface area contributed by atoms with Crippen molar-refractivity contribution in [3.63, 3.8) is 0 Å². The van der Waals surface area contributed by atoms with Crippen LogP contribution in [0.4, 0.5) is 0 Å². The van der Waals surface area contributed by atoms with Crippen molar-refractivity contribution in [2.45, 2.75) is 51.1 Å². The van der Waals surface area contributed by atoms with E-state index in [4.69, 9.17) is 0 Å². The van der Waals surface area contributed by atoms with Crippen LogP contribution >= 0.6 is 0 Å². The highest BCUT2D eigenvalue weighted by Gasteiger charge is 2.45. The first-order valence-electron chi connectivity index (χ1n) is 6.79. The Morgan fingerprint density at radius 3 is 2.65 bits per heavy atom. The number of fused-ring (bicyclic) bond motifs is 1. The van der Waals surface area contributed by atoms with Gasteiger partial charge in [-0.25, -0.2) is 0 Å². The van der Waals surface area contributed by atoms with Crippen LogP contribution in [0.5, 0.6) is 0 Å². The van der Waals surface area contributed by atoms with Gasteiger partial charge in [-0.05, 0) is 32.1 Å². The quantitative estimate of drug-likeness (QED) is 0.733. The van der Waals surface area contributed by atoms with Crippen LogP contribution in [0.3, 0.4) is 0 Å². The zero-order valence-electron chi connectivity index (χ0n) is 10.4. The molecule has 0 bridgehead atoms. The summed E-state index contributed by atoms with van der Waals surface area (Å²) in [5.41, 5.74) is 0. The molecule has 94 valence electrons. The molecule has 0 radical (unpaired) electrons. The summed E-state index contributed by atoms with van der Waals surface area (Å²) in [5, 5.41) is 0.